The molecule has 0 radical (unpaired) electrons. The van der Waals surface area contributed by atoms with E-state index in [2.05, 4.69) is 29.1 Å². The Hall–Kier alpha value is -0.870. The minimum Gasteiger partial charge on any atom is -0.373 e. The molecule has 1 unspecified atom stereocenters. The lowest BCUT2D eigenvalue weighted by molar-refractivity contribution is 0.0294. The number of hydrogen-bond acceptors (Lipinski definition) is 3. The van der Waals surface area contributed by atoms with Crippen molar-refractivity contribution < 1.29 is 4.74 Å². The van der Waals surface area contributed by atoms with Crippen LogP contribution in [0.3, 0.4) is 0 Å². The van der Waals surface area contributed by atoms with E-state index in [0.717, 1.165) is 24.6 Å². The molecule has 1 aliphatic carbocycles. The molecule has 0 saturated heterocycles. The average Bonchev–Trinajstić information content (AvgIpc) is 2.89. The standard InChI is InChI=1S/C16H29N3O/c1-12(2)9-17-10-14-11-18-16(19-14)15(20-3)13-7-5-4-6-8-13/h11-13,15,17H,4-10H2,1-3H3,(H,18,19). The van der Waals surface area contributed by atoms with E-state index >= 15 is 0 Å². The molecule has 0 bridgehead atoms. The number of H-pyrrole nitrogens is 1. The predicted molar refractivity (Wildman–Crippen MR) is 81.5 cm³/mol. The van der Waals surface area contributed by atoms with Gasteiger partial charge in [-0.3, -0.25) is 0 Å². The van der Waals surface area contributed by atoms with Gasteiger partial charge in [-0.1, -0.05) is 33.1 Å². The molecule has 0 aromatic carbocycles. The summed E-state index contributed by atoms with van der Waals surface area (Å²) in [6.07, 6.45) is 8.63. The van der Waals surface area contributed by atoms with Gasteiger partial charge < -0.3 is 15.0 Å². The molecule has 1 atom stereocenters. The molecule has 0 spiro atoms. The maximum Gasteiger partial charge on any atom is 0.135 e. The summed E-state index contributed by atoms with van der Waals surface area (Å²) in [5.74, 6) is 2.29. The van der Waals surface area contributed by atoms with E-state index in [4.69, 9.17) is 4.74 Å². The molecule has 1 aromatic rings. The van der Waals surface area contributed by atoms with Crippen molar-refractivity contribution in [1.29, 1.82) is 0 Å². The zero-order valence-electron chi connectivity index (χ0n) is 13.1. The van der Waals surface area contributed by atoms with E-state index in [9.17, 15) is 0 Å². The summed E-state index contributed by atoms with van der Waals surface area (Å²) in [4.78, 5) is 7.98. The zero-order valence-corrected chi connectivity index (χ0v) is 13.1. The Morgan fingerprint density at radius 3 is 2.75 bits per heavy atom. The third kappa shape index (κ3) is 4.32. The van der Waals surface area contributed by atoms with E-state index in [-0.39, 0.29) is 6.10 Å². The number of ether oxygens (including phenoxy) is 1. The van der Waals surface area contributed by atoms with Crippen LogP contribution in [0.15, 0.2) is 6.20 Å². The third-order valence-corrected chi connectivity index (χ3v) is 4.12. The maximum absolute atomic E-state index is 5.72. The monoisotopic (exact) mass is 279 g/mol. The molecule has 20 heavy (non-hydrogen) atoms. The van der Waals surface area contributed by atoms with Crippen LogP contribution in [0.5, 0.6) is 0 Å². The topological polar surface area (TPSA) is 49.9 Å². The number of methoxy groups -OCH3 is 1. The normalized spacial score (nSPS) is 18.6. The Morgan fingerprint density at radius 2 is 2.10 bits per heavy atom. The predicted octanol–water partition coefficient (Wildman–Crippen LogP) is 3.42. The number of imidazole rings is 1. The Kier molecular flexibility index (Phi) is 6.05. The lowest BCUT2D eigenvalue weighted by Crippen LogP contribution is -2.20. The van der Waals surface area contributed by atoms with Crippen LogP contribution in [0.25, 0.3) is 0 Å². The fourth-order valence-electron chi connectivity index (χ4n) is 3.07. The van der Waals surface area contributed by atoms with Gasteiger partial charge in [0.1, 0.15) is 11.9 Å². The average molecular weight is 279 g/mol. The van der Waals surface area contributed by atoms with E-state index < -0.39 is 0 Å². The van der Waals surface area contributed by atoms with E-state index in [1.165, 1.54) is 32.1 Å². The first-order chi connectivity index (χ1) is 9.70. The molecule has 0 amide bonds. The minimum atomic E-state index is 0.133. The highest BCUT2D eigenvalue weighted by Crippen LogP contribution is 2.35. The largest absolute Gasteiger partial charge is 0.373 e. The summed E-state index contributed by atoms with van der Waals surface area (Å²) in [7, 11) is 1.80. The van der Waals surface area contributed by atoms with Crippen molar-refractivity contribution in [3.8, 4) is 0 Å². The molecular formula is C16H29N3O. The lowest BCUT2D eigenvalue weighted by Gasteiger charge is -2.27. The summed E-state index contributed by atoms with van der Waals surface area (Å²) >= 11 is 0. The molecule has 1 aromatic heterocycles. The summed E-state index contributed by atoms with van der Waals surface area (Å²) < 4.78 is 5.72. The first-order valence-corrected chi connectivity index (χ1v) is 7.98. The number of aromatic nitrogens is 2. The maximum atomic E-state index is 5.72. The van der Waals surface area contributed by atoms with Crippen LogP contribution in [0, 0.1) is 11.8 Å². The second kappa shape index (κ2) is 7.79. The molecule has 1 heterocycles. The molecular weight excluding hydrogens is 250 g/mol. The highest BCUT2D eigenvalue weighted by atomic mass is 16.5. The Balaban J connectivity index is 1.91. The molecule has 0 aliphatic heterocycles. The fourth-order valence-corrected chi connectivity index (χ4v) is 3.07. The van der Waals surface area contributed by atoms with Crippen molar-refractivity contribution >= 4 is 0 Å². The van der Waals surface area contributed by atoms with Crippen molar-refractivity contribution in [2.75, 3.05) is 13.7 Å². The van der Waals surface area contributed by atoms with Crippen LogP contribution in [0.1, 0.15) is 63.6 Å². The minimum absolute atomic E-state index is 0.133. The van der Waals surface area contributed by atoms with Crippen molar-refractivity contribution in [2.24, 2.45) is 11.8 Å². The molecule has 114 valence electrons. The molecule has 1 saturated carbocycles. The number of aromatic amines is 1. The highest BCUT2D eigenvalue weighted by Gasteiger charge is 2.27. The summed E-state index contributed by atoms with van der Waals surface area (Å²) in [6.45, 7) is 6.32. The summed E-state index contributed by atoms with van der Waals surface area (Å²) in [6, 6.07) is 0. The molecule has 2 N–H and O–H groups in total. The van der Waals surface area contributed by atoms with Crippen molar-refractivity contribution in [3.05, 3.63) is 17.7 Å². The third-order valence-electron chi connectivity index (χ3n) is 4.12. The Bertz CT molecular complexity index is 383. The number of hydrogen-bond donors (Lipinski definition) is 2. The molecule has 4 heteroatoms. The summed E-state index contributed by atoms with van der Waals surface area (Å²) in [5, 5.41) is 3.44. The first kappa shape index (κ1) is 15.5. The van der Waals surface area contributed by atoms with Gasteiger partial charge in [0.15, 0.2) is 0 Å². The lowest BCUT2D eigenvalue weighted by atomic mass is 9.85. The second-order valence-corrected chi connectivity index (χ2v) is 6.37. The van der Waals surface area contributed by atoms with Gasteiger partial charge in [0.25, 0.3) is 0 Å². The van der Waals surface area contributed by atoms with Crippen LogP contribution in [-0.2, 0) is 11.3 Å². The number of nitrogens with zero attached hydrogens (tertiary/aromatic N) is 1. The van der Waals surface area contributed by atoms with Gasteiger partial charge in [-0.05, 0) is 31.2 Å². The van der Waals surface area contributed by atoms with Crippen molar-refractivity contribution in [2.45, 2.75) is 58.6 Å². The van der Waals surface area contributed by atoms with Crippen molar-refractivity contribution in [1.82, 2.24) is 15.3 Å². The van der Waals surface area contributed by atoms with Gasteiger partial charge in [0, 0.05) is 25.5 Å². The Morgan fingerprint density at radius 1 is 1.35 bits per heavy atom. The van der Waals surface area contributed by atoms with Gasteiger partial charge in [-0.25, -0.2) is 4.98 Å². The van der Waals surface area contributed by atoms with Crippen LogP contribution in [-0.4, -0.2) is 23.6 Å². The van der Waals surface area contributed by atoms with E-state index in [1.807, 2.05) is 6.20 Å². The molecule has 2 rings (SSSR count). The fraction of sp³-hybridized carbons (Fsp3) is 0.812. The van der Waals surface area contributed by atoms with Gasteiger partial charge in [0.05, 0.1) is 0 Å². The van der Waals surface area contributed by atoms with Gasteiger partial charge in [0.2, 0.25) is 0 Å². The van der Waals surface area contributed by atoms with Crippen LogP contribution in [0.4, 0.5) is 0 Å². The molecule has 1 fully saturated rings. The number of nitrogens with one attached hydrogen (secondary N) is 2. The van der Waals surface area contributed by atoms with Crippen LogP contribution < -0.4 is 5.32 Å². The first-order valence-electron chi connectivity index (χ1n) is 7.98. The Labute approximate surface area is 122 Å². The van der Waals surface area contributed by atoms with Gasteiger partial charge >= 0.3 is 0 Å². The smallest absolute Gasteiger partial charge is 0.135 e. The van der Waals surface area contributed by atoms with Gasteiger partial charge in [-0.2, -0.15) is 0 Å². The summed E-state index contributed by atoms with van der Waals surface area (Å²) in [5.41, 5.74) is 1.15. The van der Waals surface area contributed by atoms with Crippen LogP contribution >= 0.6 is 0 Å². The quantitative estimate of drug-likeness (QED) is 0.804. The zero-order chi connectivity index (χ0) is 14.4. The second-order valence-electron chi connectivity index (χ2n) is 6.37. The van der Waals surface area contributed by atoms with E-state index in [1.54, 1.807) is 7.11 Å². The number of rotatable bonds is 7. The van der Waals surface area contributed by atoms with Gasteiger partial charge in [-0.15, -0.1) is 0 Å². The molecule has 1 aliphatic rings. The van der Waals surface area contributed by atoms with Crippen LogP contribution in [0.2, 0.25) is 0 Å². The SMILES string of the molecule is COC(c1ncc(CNCC(C)C)[nH]1)C1CCCCC1. The molecule has 4 nitrogen and oxygen atoms in total. The highest BCUT2D eigenvalue weighted by molar-refractivity contribution is 5.05. The van der Waals surface area contributed by atoms with E-state index in [0.29, 0.717) is 11.8 Å². The van der Waals surface area contributed by atoms with Crippen molar-refractivity contribution in [3.63, 3.8) is 0 Å².